The Labute approximate surface area is 96.1 Å². The number of aromatic amines is 1. The summed E-state index contributed by atoms with van der Waals surface area (Å²) in [5.41, 5.74) is 5.98. The van der Waals surface area contributed by atoms with Crippen molar-refractivity contribution in [2.24, 2.45) is 0 Å². The van der Waals surface area contributed by atoms with Crippen LogP contribution in [0.3, 0.4) is 0 Å². The van der Waals surface area contributed by atoms with E-state index in [9.17, 15) is 13.9 Å². The third-order valence-electron chi connectivity index (χ3n) is 2.50. The summed E-state index contributed by atoms with van der Waals surface area (Å²) in [7, 11) is 0. The van der Waals surface area contributed by atoms with Crippen molar-refractivity contribution in [2.75, 3.05) is 5.73 Å². The normalized spacial score (nSPS) is 12.6. The van der Waals surface area contributed by atoms with Crippen molar-refractivity contribution in [2.45, 2.75) is 12.5 Å². The SMILES string of the molecule is Nc1[nH]ncc1C(O)Cc1cccc(F)c1F. The van der Waals surface area contributed by atoms with Crippen LogP contribution in [0.15, 0.2) is 24.4 Å². The maximum absolute atomic E-state index is 13.4. The number of halogens is 2. The van der Waals surface area contributed by atoms with Gasteiger partial charge in [0.1, 0.15) is 5.82 Å². The summed E-state index contributed by atoms with van der Waals surface area (Å²) in [6.07, 6.45) is 0.273. The smallest absolute Gasteiger partial charge is 0.162 e. The average molecular weight is 239 g/mol. The third kappa shape index (κ3) is 2.26. The monoisotopic (exact) mass is 239 g/mol. The van der Waals surface area contributed by atoms with Crippen LogP contribution in [0, 0.1) is 11.6 Å². The van der Waals surface area contributed by atoms with Gasteiger partial charge in [0.15, 0.2) is 11.6 Å². The van der Waals surface area contributed by atoms with E-state index in [1.807, 2.05) is 0 Å². The van der Waals surface area contributed by atoms with Crippen LogP contribution in [0.4, 0.5) is 14.6 Å². The van der Waals surface area contributed by atoms with E-state index in [2.05, 4.69) is 10.2 Å². The highest BCUT2D eigenvalue weighted by Gasteiger charge is 2.17. The Morgan fingerprint density at radius 2 is 2.18 bits per heavy atom. The van der Waals surface area contributed by atoms with Crippen LogP contribution in [0.5, 0.6) is 0 Å². The van der Waals surface area contributed by atoms with E-state index in [0.717, 1.165) is 6.07 Å². The van der Waals surface area contributed by atoms with Crippen LogP contribution >= 0.6 is 0 Å². The number of aliphatic hydroxyl groups excluding tert-OH is 1. The van der Waals surface area contributed by atoms with Crippen molar-refractivity contribution in [3.8, 4) is 0 Å². The maximum atomic E-state index is 13.4. The minimum absolute atomic E-state index is 0.0622. The molecular formula is C11H11F2N3O. The van der Waals surface area contributed by atoms with E-state index in [4.69, 9.17) is 5.73 Å². The van der Waals surface area contributed by atoms with Crippen molar-refractivity contribution in [1.29, 1.82) is 0 Å². The molecule has 0 aliphatic heterocycles. The lowest BCUT2D eigenvalue weighted by atomic mass is 10.0. The fraction of sp³-hybridized carbons (Fsp3) is 0.182. The molecule has 0 amide bonds. The third-order valence-corrected chi connectivity index (χ3v) is 2.50. The van der Waals surface area contributed by atoms with Gasteiger partial charge in [-0.2, -0.15) is 5.10 Å². The molecule has 0 fully saturated rings. The summed E-state index contributed by atoms with van der Waals surface area (Å²) >= 11 is 0. The highest BCUT2D eigenvalue weighted by Crippen LogP contribution is 2.23. The van der Waals surface area contributed by atoms with E-state index in [0.29, 0.717) is 5.56 Å². The topological polar surface area (TPSA) is 74.9 Å². The van der Waals surface area contributed by atoms with Crippen molar-refractivity contribution < 1.29 is 13.9 Å². The summed E-state index contributed by atoms with van der Waals surface area (Å²) in [6, 6.07) is 3.83. The Morgan fingerprint density at radius 3 is 2.82 bits per heavy atom. The molecule has 1 heterocycles. The molecule has 0 aliphatic rings. The predicted octanol–water partition coefficient (Wildman–Crippen LogP) is 1.55. The predicted molar refractivity (Wildman–Crippen MR) is 58.0 cm³/mol. The Hall–Kier alpha value is -1.95. The summed E-state index contributed by atoms with van der Waals surface area (Å²) in [4.78, 5) is 0. The quantitative estimate of drug-likeness (QED) is 0.760. The number of rotatable bonds is 3. The minimum atomic E-state index is -1.02. The minimum Gasteiger partial charge on any atom is -0.388 e. The van der Waals surface area contributed by atoms with Gasteiger partial charge in [0.2, 0.25) is 0 Å². The molecule has 0 aliphatic carbocycles. The van der Waals surface area contributed by atoms with Gasteiger partial charge in [-0.3, -0.25) is 5.10 Å². The Balaban J connectivity index is 2.22. The zero-order chi connectivity index (χ0) is 12.4. The molecule has 4 N–H and O–H groups in total. The standard InChI is InChI=1S/C11H11F2N3O/c12-8-3-1-2-6(10(8)13)4-9(17)7-5-15-16-11(7)14/h1-3,5,9,17H,4H2,(H3,14,15,16). The van der Waals surface area contributed by atoms with Crippen molar-refractivity contribution in [3.05, 3.63) is 47.2 Å². The number of aromatic nitrogens is 2. The number of anilines is 1. The summed E-state index contributed by atoms with van der Waals surface area (Å²) in [5, 5.41) is 15.9. The molecule has 1 aromatic heterocycles. The second kappa shape index (κ2) is 4.50. The van der Waals surface area contributed by atoms with Gasteiger partial charge in [0.05, 0.1) is 12.3 Å². The van der Waals surface area contributed by atoms with Crippen LogP contribution in [0.25, 0.3) is 0 Å². The number of nitrogens with two attached hydrogens (primary N) is 1. The molecular weight excluding hydrogens is 228 g/mol. The molecule has 90 valence electrons. The van der Waals surface area contributed by atoms with Crippen LogP contribution in [-0.2, 0) is 6.42 Å². The molecule has 0 spiro atoms. The molecule has 0 saturated carbocycles. The summed E-state index contributed by atoms with van der Waals surface area (Å²) in [6.45, 7) is 0. The van der Waals surface area contributed by atoms with E-state index in [1.54, 1.807) is 0 Å². The van der Waals surface area contributed by atoms with Gasteiger partial charge in [-0.1, -0.05) is 12.1 Å². The van der Waals surface area contributed by atoms with E-state index < -0.39 is 17.7 Å². The fourth-order valence-corrected chi connectivity index (χ4v) is 1.60. The number of nitrogens with one attached hydrogen (secondary N) is 1. The molecule has 0 saturated heterocycles. The number of nitrogen functional groups attached to an aromatic ring is 1. The molecule has 17 heavy (non-hydrogen) atoms. The summed E-state index contributed by atoms with van der Waals surface area (Å²) < 4.78 is 26.3. The molecule has 0 radical (unpaired) electrons. The number of hydrogen-bond donors (Lipinski definition) is 3. The van der Waals surface area contributed by atoms with Gasteiger partial charge in [-0.05, 0) is 11.6 Å². The molecule has 6 heteroatoms. The second-order valence-electron chi connectivity index (χ2n) is 3.67. The zero-order valence-electron chi connectivity index (χ0n) is 8.82. The Bertz CT molecular complexity index is 527. The van der Waals surface area contributed by atoms with Crippen LogP contribution in [0.2, 0.25) is 0 Å². The maximum Gasteiger partial charge on any atom is 0.162 e. The number of nitrogens with zero attached hydrogens (tertiary/aromatic N) is 1. The van der Waals surface area contributed by atoms with Crippen LogP contribution in [0.1, 0.15) is 17.2 Å². The zero-order valence-corrected chi connectivity index (χ0v) is 8.82. The molecule has 2 aromatic rings. The van der Waals surface area contributed by atoms with Gasteiger partial charge in [0.25, 0.3) is 0 Å². The molecule has 1 atom stereocenters. The number of H-pyrrole nitrogens is 1. The van der Waals surface area contributed by atoms with Crippen molar-refractivity contribution in [1.82, 2.24) is 10.2 Å². The van der Waals surface area contributed by atoms with Gasteiger partial charge < -0.3 is 10.8 Å². The van der Waals surface area contributed by atoms with Crippen LogP contribution in [-0.4, -0.2) is 15.3 Å². The first kappa shape index (κ1) is 11.5. The van der Waals surface area contributed by atoms with Gasteiger partial charge >= 0.3 is 0 Å². The highest BCUT2D eigenvalue weighted by molar-refractivity contribution is 5.39. The van der Waals surface area contributed by atoms with Crippen molar-refractivity contribution in [3.63, 3.8) is 0 Å². The molecule has 0 bridgehead atoms. The lowest BCUT2D eigenvalue weighted by Crippen LogP contribution is -2.06. The van der Waals surface area contributed by atoms with E-state index in [-0.39, 0.29) is 17.8 Å². The first-order chi connectivity index (χ1) is 8.09. The Morgan fingerprint density at radius 1 is 1.41 bits per heavy atom. The number of hydrogen-bond acceptors (Lipinski definition) is 3. The van der Waals surface area contributed by atoms with E-state index >= 15 is 0 Å². The number of aliphatic hydroxyl groups is 1. The fourth-order valence-electron chi connectivity index (χ4n) is 1.60. The molecule has 2 rings (SSSR count). The first-order valence-electron chi connectivity index (χ1n) is 4.99. The second-order valence-corrected chi connectivity index (χ2v) is 3.67. The Kier molecular flexibility index (Phi) is 3.06. The van der Waals surface area contributed by atoms with Gasteiger partial charge in [-0.15, -0.1) is 0 Å². The van der Waals surface area contributed by atoms with Gasteiger partial charge in [0, 0.05) is 12.0 Å². The first-order valence-corrected chi connectivity index (χ1v) is 4.99. The largest absolute Gasteiger partial charge is 0.388 e. The molecule has 4 nitrogen and oxygen atoms in total. The van der Waals surface area contributed by atoms with Crippen LogP contribution < -0.4 is 5.73 Å². The molecule has 1 aromatic carbocycles. The van der Waals surface area contributed by atoms with Gasteiger partial charge in [-0.25, -0.2) is 8.78 Å². The number of benzene rings is 1. The lowest BCUT2D eigenvalue weighted by molar-refractivity contribution is 0.177. The summed E-state index contributed by atoms with van der Waals surface area (Å²) in [5.74, 6) is -1.67. The lowest BCUT2D eigenvalue weighted by Gasteiger charge is -2.10. The average Bonchev–Trinajstić information content (AvgIpc) is 2.71. The van der Waals surface area contributed by atoms with E-state index in [1.165, 1.54) is 18.3 Å². The molecule has 1 unspecified atom stereocenters. The highest BCUT2D eigenvalue weighted by atomic mass is 19.2. The van der Waals surface area contributed by atoms with Crippen molar-refractivity contribution >= 4 is 5.82 Å².